The van der Waals surface area contributed by atoms with Crippen molar-refractivity contribution in [2.45, 2.75) is 39.2 Å². The fourth-order valence-electron chi connectivity index (χ4n) is 0.948. The van der Waals surface area contributed by atoms with Crippen LogP contribution in [0.4, 0.5) is 0 Å². The van der Waals surface area contributed by atoms with Crippen LogP contribution < -0.4 is 5.32 Å². The van der Waals surface area contributed by atoms with E-state index in [1.54, 1.807) is 6.92 Å². The molecule has 0 aromatic heterocycles. The van der Waals surface area contributed by atoms with Crippen molar-refractivity contribution >= 4 is 5.91 Å². The molecule has 4 nitrogen and oxygen atoms in total. The first-order valence-electron chi connectivity index (χ1n) is 4.96. The molecule has 0 aliphatic carbocycles. The first-order valence-corrected chi connectivity index (χ1v) is 4.96. The van der Waals surface area contributed by atoms with Gasteiger partial charge < -0.3 is 15.5 Å². The van der Waals surface area contributed by atoms with E-state index in [2.05, 4.69) is 5.32 Å². The molecule has 0 rings (SSSR count). The van der Waals surface area contributed by atoms with E-state index in [4.69, 9.17) is 10.2 Å². The average Bonchev–Trinajstić information content (AvgIpc) is 2.14. The number of carbonyl (C=O) groups excluding carboxylic acids is 1. The van der Waals surface area contributed by atoms with Crippen molar-refractivity contribution in [2.75, 3.05) is 13.2 Å². The lowest BCUT2D eigenvalue weighted by Crippen LogP contribution is -2.51. The Balaban J connectivity index is 3.92. The summed E-state index contributed by atoms with van der Waals surface area (Å²) in [6.45, 7) is 5.20. The molecule has 0 fully saturated rings. The number of amides is 1. The topological polar surface area (TPSA) is 69.6 Å². The molecule has 0 saturated heterocycles. The van der Waals surface area contributed by atoms with Crippen LogP contribution in [-0.2, 0) is 4.79 Å². The molecule has 0 spiro atoms. The van der Waals surface area contributed by atoms with Crippen LogP contribution in [0.15, 0.2) is 0 Å². The minimum Gasteiger partial charge on any atom is -0.394 e. The van der Waals surface area contributed by atoms with Crippen LogP contribution in [0.25, 0.3) is 0 Å². The summed E-state index contributed by atoms with van der Waals surface area (Å²) in [4.78, 5) is 11.3. The predicted octanol–water partition coefficient (Wildman–Crippen LogP) is 0.282. The van der Waals surface area contributed by atoms with Crippen LogP contribution in [0.5, 0.6) is 0 Å². The van der Waals surface area contributed by atoms with Crippen molar-refractivity contribution in [1.29, 1.82) is 0 Å². The molecule has 0 bridgehead atoms. The van der Waals surface area contributed by atoms with Gasteiger partial charge in [0.2, 0.25) is 5.91 Å². The number of rotatable bonds is 6. The molecule has 0 radical (unpaired) electrons. The van der Waals surface area contributed by atoms with Crippen LogP contribution >= 0.6 is 0 Å². The third-order valence-electron chi connectivity index (χ3n) is 2.09. The minimum atomic E-state index is -0.895. The van der Waals surface area contributed by atoms with Gasteiger partial charge in [-0.2, -0.15) is 0 Å². The maximum atomic E-state index is 11.3. The smallest absolute Gasteiger partial charge is 0.220 e. The van der Waals surface area contributed by atoms with E-state index in [-0.39, 0.29) is 19.1 Å². The predicted molar refractivity (Wildman–Crippen MR) is 54.8 cm³/mol. The van der Waals surface area contributed by atoms with Crippen molar-refractivity contribution < 1.29 is 15.0 Å². The standard InChI is InChI=1S/C10H21NO3/c1-8(2)4-5-9(14)11-10(3,6-12)7-13/h8,12-13H,4-7H2,1-3H3,(H,11,14). The minimum absolute atomic E-state index is 0.121. The summed E-state index contributed by atoms with van der Waals surface area (Å²) >= 11 is 0. The van der Waals surface area contributed by atoms with E-state index in [1.165, 1.54) is 0 Å². The van der Waals surface area contributed by atoms with Crippen LogP contribution in [0.2, 0.25) is 0 Å². The van der Waals surface area contributed by atoms with E-state index >= 15 is 0 Å². The SMILES string of the molecule is CC(C)CCC(=O)NC(C)(CO)CO. The Bertz CT molecular complexity index is 176. The van der Waals surface area contributed by atoms with Crippen molar-refractivity contribution in [1.82, 2.24) is 5.32 Å². The van der Waals surface area contributed by atoms with Crippen LogP contribution in [0.3, 0.4) is 0 Å². The van der Waals surface area contributed by atoms with Gasteiger partial charge in [0.05, 0.1) is 18.8 Å². The van der Waals surface area contributed by atoms with Gasteiger partial charge in [-0.25, -0.2) is 0 Å². The third-order valence-corrected chi connectivity index (χ3v) is 2.09. The van der Waals surface area contributed by atoms with Gasteiger partial charge in [0.1, 0.15) is 0 Å². The molecule has 0 aliphatic rings. The Hall–Kier alpha value is -0.610. The summed E-state index contributed by atoms with van der Waals surface area (Å²) in [5.41, 5.74) is -0.895. The molecule has 0 atom stereocenters. The molecule has 0 aromatic carbocycles. The van der Waals surface area contributed by atoms with E-state index in [1.807, 2.05) is 13.8 Å². The Morgan fingerprint density at radius 3 is 2.21 bits per heavy atom. The zero-order valence-corrected chi connectivity index (χ0v) is 9.21. The van der Waals surface area contributed by atoms with Gasteiger partial charge in [-0.1, -0.05) is 13.8 Å². The van der Waals surface area contributed by atoms with E-state index in [0.717, 1.165) is 6.42 Å². The Morgan fingerprint density at radius 2 is 1.86 bits per heavy atom. The van der Waals surface area contributed by atoms with Gasteiger partial charge in [-0.15, -0.1) is 0 Å². The Labute approximate surface area is 85.3 Å². The van der Waals surface area contributed by atoms with Gasteiger partial charge >= 0.3 is 0 Å². The normalized spacial score (nSPS) is 11.9. The number of hydrogen-bond acceptors (Lipinski definition) is 3. The van der Waals surface area contributed by atoms with Crippen LogP contribution in [0.1, 0.15) is 33.6 Å². The molecule has 1 amide bonds. The first-order chi connectivity index (χ1) is 6.43. The van der Waals surface area contributed by atoms with E-state index < -0.39 is 5.54 Å². The average molecular weight is 203 g/mol. The molecule has 0 heterocycles. The quantitative estimate of drug-likeness (QED) is 0.581. The molecule has 3 N–H and O–H groups in total. The summed E-state index contributed by atoms with van der Waals surface area (Å²) < 4.78 is 0. The monoisotopic (exact) mass is 203 g/mol. The van der Waals surface area contributed by atoms with Gasteiger partial charge in [-0.3, -0.25) is 4.79 Å². The maximum absolute atomic E-state index is 11.3. The van der Waals surface area contributed by atoms with Gasteiger partial charge in [0.15, 0.2) is 0 Å². The molecular formula is C10H21NO3. The number of nitrogens with one attached hydrogen (secondary N) is 1. The molecule has 14 heavy (non-hydrogen) atoms. The molecule has 0 aliphatic heterocycles. The van der Waals surface area contributed by atoms with Crippen molar-refractivity contribution in [3.05, 3.63) is 0 Å². The lowest BCUT2D eigenvalue weighted by molar-refractivity contribution is -0.124. The largest absolute Gasteiger partial charge is 0.394 e. The van der Waals surface area contributed by atoms with Crippen molar-refractivity contribution in [3.8, 4) is 0 Å². The lowest BCUT2D eigenvalue weighted by Gasteiger charge is -2.26. The zero-order valence-electron chi connectivity index (χ0n) is 9.21. The van der Waals surface area contributed by atoms with E-state index in [0.29, 0.717) is 12.3 Å². The summed E-state index contributed by atoms with van der Waals surface area (Å²) in [5.74, 6) is 0.361. The fraction of sp³-hybridized carbons (Fsp3) is 0.900. The number of aliphatic hydroxyl groups excluding tert-OH is 2. The third kappa shape index (κ3) is 5.19. The van der Waals surface area contributed by atoms with Crippen molar-refractivity contribution in [2.24, 2.45) is 5.92 Å². The molecule has 0 saturated carbocycles. The summed E-state index contributed by atoms with van der Waals surface area (Å²) in [7, 11) is 0. The first kappa shape index (κ1) is 13.4. The molecule has 4 heteroatoms. The number of hydrogen-bond donors (Lipinski definition) is 3. The fourth-order valence-corrected chi connectivity index (χ4v) is 0.948. The maximum Gasteiger partial charge on any atom is 0.220 e. The second kappa shape index (κ2) is 5.98. The van der Waals surface area contributed by atoms with Gasteiger partial charge in [0, 0.05) is 6.42 Å². The molecule has 84 valence electrons. The summed E-state index contributed by atoms with van der Waals surface area (Å²) in [6, 6.07) is 0. The number of carbonyl (C=O) groups is 1. The molecule has 0 aromatic rings. The van der Waals surface area contributed by atoms with Crippen LogP contribution in [0, 0.1) is 5.92 Å². The van der Waals surface area contributed by atoms with Gasteiger partial charge in [0.25, 0.3) is 0 Å². The Kier molecular flexibility index (Phi) is 5.72. The summed E-state index contributed by atoms with van der Waals surface area (Å²) in [6.07, 6.45) is 1.26. The number of aliphatic hydroxyl groups is 2. The highest BCUT2D eigenvalue weighted by Gasteiger charge is 2.24. The second-order valence-corrected chi connectivity index (χ2v) is 4.36. The van der Waals surface area contributed by atoms with Gasteiger partial charge in [-0.05, 0) is 19.3 Å². The second-order valence-electron chi connectivity index (χ2n) is 4.36. The highest BCUT2D eigenvalue weighted by Crippen LogP contribution is 2.06. The van der Waals surface area contributed by atoms with Crippen molar-refractivity contribution in [3.63, 3.8) is 0 Å². The molecule has 0 unspecified atom stereocenters. The Morgan fingerprint density at radius 1 is 1.36 bits per heavy atom. The summed E-state index contributed by atoms with van der Waals surface area (Å²) in [5, 5.41) is 20.5. The highest BCUT2D eigenvalue weighted by atomic mass is 16.3. The van der Waals surface area contributed by atoms with Crippen LogP contribution in [-0.4, -0.2) is 34.9 Å². The zero-order chi connectivity index (χ0) is 11.2. The highest BCUT2D eigenvalue weighted by molar-refractivity contribution is 5.76. The lowest BCUT2D eigenvalue weighted by atomic mass is 10.0. The molecular weight excluding hydrogens is 182 g/mol. The van der Waals surface area contributed by atoms with E-state index in [9.17, 15) is 4.79 Å².